The highest BCUT2D eigenvalue weighted by molar-refractivity contribution is 5.82. The number of carbonyl (C=O) groups excluding carboxylic acids is 1. The molecular weight excluding hydrogens is 395 g/mol. The van der Waals surface area contributed by atoms with Gasteiger partial charge in [0.15, 0.2) is 0 Å². The van der Waals surface area contributed by atoms with E-state index in [4.69, 9.17) is 0 Å². The number of carbonyl (C=O) groups is 1. The molecule has 0 spiro atoms. The lowest BCUT2D eigenvalue weighted by atomic mass is 9.53. The number of hydrogen-bond donors (Lipinski definition) is 1. The molecule has 8 heteroatoms. The fraction of sp³-hybridized carbons (Fsp3) is 0.955. The molecule has 4 aliphatic carbocycles. The summed E-state index contributed by atoms with van der Waals surface area (Å²) in [5, 5.41) is 3.49. The minimum Gasteiger partial charge on any atom is -0.372 e. The second-order valence-corrected chi connectivity index (χ2v) is 10.3. The molecule has 0 radical (unpaired) electrons. The Balaban J connectivity index is 1.16. The monoisotopic (exact) mass is 431 g/mol. The lowest BCUT2D eigenvalue weighted by Crippen LogP contribution is -2.63. The molecular formula is C22H36F3N3O2. The van der Waals surface area contributed by atoms with Gasteiger partial charge in [-0.2, -0.15) is 13.2 Å². The molecule has 4 bridgehead atoms. The zero-order valence-corrected chi connectivity index (χ0v) is 18.1. The van der Waals surface area contributed by atoms with Gasteiger partial charge in [-0.05, 0) is 69.6 Å². The van der Waals surface area contributed by atoms with Crippen LogP contribution in [0, 0.1) is 17.8 Å². The van der Waals surface area contributed by atoms with Crippen molar-refractivity contribution >= 4 is 5.91 Å². The Hall–Kier alpha value is -0.860. The molecule has 1 saturated heterocycles. The van der Waals surface area contributed by atoms with Gasteiger partial charge in [-0.3, -0.25) is 9.69 Å². The van der Waals surface area contributed by atoms with Crippen molar-refractivity contribution < 1.29 is 22.7 Å². The summed E-state index contributed by atoms with van der Waals surface area (Å²) in [6.45, 7) is 5.02. The first-order chi connectivity index (χ1) is 14.2. The molecule has 0 aromatic carbocycles. The van der Waals surface area contributed by atoms with Gasteiger partial charge in [0.2, 0.25) is 5.91 Å². The quantitative estimate of drug-likeness (QED) is 0.600. The number of amides is 1. The zero-order chi connectivity index (χ0) is 21.4. The number of rotatable bonds is 8. The maximum Gasteiger partial charge on any atom is 0.411 e. The van der Waals surface area contributed by atoms with Gasteiger partial charge in [0.1, 0.15) is 6.61 Å². The highest BCUT2D eigenvalue weighted by Crippen LogP contribution is 2.55. The van der Waals surface area contributed by atoms with Crippen LogP contribution in [0.1, 0.15) is 51.9 Å². The van der Waals surface area contributed by atoms with Gasteiger partial charge < -0.3 is 15.0 Å². The number of halogens is 3. The zero-order valence-electron chi connectivity index (χ0n) is 18.1. The molecule has 1 atom stereocenters. The molecule has 1 unspecified atom stereocenters. The minimum atomic E-state index is -4.25. The maximum atomic E-state index is 13.1. The van der Waals surface area contributed by atoms with Crippen molar-refractivity contribution in [3.63, 3.8) is 0 Å². The number of hydrogen-bond acceptors (Lipinski definition) is 4. The summed E-state index contributed by atoms with van der Waals surface area (Å²) in [6.07, 6.45) is 3.96. The van der Waals surface area contributed by atoms with Gasteiger partial charge in [0.25, 0.3) is 0 Å². The Kier molecular flexibility index (Phi) is 6.66. The topological polar surface area (TPSA) is 44.8 Å². The average Bonchev–Trinajstić information content (AvgIpc) is 2.65. The van der Waals surface area contributed by atoms with E-state index in [-0.39, 0.29) is 24.1 Å². The molecule has 1 heterocycles. The molecule has 5 rings (SSSR count). The molecule has 1 aliphatic heterocycles. The van der Waals surface area contributed by atoms with E-state index in [0.29, 0.717) is 6.42 Å². The first-order valence-electron chi connectivity index (χ1n) is 11.6. The molecule has 30 heavy (non-hydrogen) atoms. The highest BCUT2D eigenvalue weighted by Gasteiger charge is 2.51. The van der Waals surface area contributed by atoms with Crippen LogP contribution in [-0.4, -0.2) is 79.4 Å². The Bertz CT molecular complexity index is 570. The van der Waals surface area contributed by atoms with Crippen LogP contribution >= 0.6 is 0 Å². The van der Waals surface area contributed by atoms with E-state index in [0.717, 1.165) is 50.5 Å². The van der Waals surface area contributed by atoms with Gasteiger partial charge >= 0.3 is 6.18 Å². The lowest BCUT2D eigenvalue weighted by molar-refractivity contribution is -0.174. The van der Waals surface area contributed by atoms with Crippen molar-refractivity contribution in [2.75, 3.05) is 45.9 Å². The van der Waals surface area contributed by atoms with Gasteiger partial charge in [0.05, 0.1) is 6.04 Å². The Morgan fingerprint density at radius 2 is 1.63 bits per heavy atom. The second-order valence-electron chi connectivity index (χ2n) is 10.3. The van der Waals surface area contributed by atoms with E-state index in [1.165, 1.54) is 38.5 Å². The van der Waals surface area contributed by atoms with E-state index in [2.05, 4.69) is 19.9 Å². The van der Waals surface area contributed by atoms with Crippen LogP contribution in [0.15, 0.2) is 0 Å². The van der Waals surface area contributed by atoms with E-state index < -0.39 is 12.8 Å². The fourth-order valence-corrected chi connectivity index (χ4v) is 6.75. The van der Waals surface area contributed by atoms with E-state index in [1.54, 1.807) is 0 Å². The average molecular weight is 432 g/mol. The van der Waals surface area contributed by atoms with Gasteiger partial charge in [0, 0.05) is 44.9 Å². The fourth-order valence-electron chi connectivity index (χ4n) is 6.75. The summed E-state index contributed by atoms with van der Waals surface area (Å²) in [5.74, 6) is 2.62. The number of piperazine rings is 1. The first kappa shape index (κ1) is 22.3. The summed E-state index contributed by atoms with van der Waals surface area (Å²) < 4.78 is 40.9. The van der Waals surface area contributed by atoms with Crippen molar-refractivity contribution in [3.05, 3.63) is 0 Å². The Morgan fingerprint density at radius 3 is 2.17 bits per heavy atom. The molecule has 4 saturated carbocycles. The van der Waals surface area contributed by atoms with Crippen molar-refractivity contribution in [2.24, 2.45) is 17.8 Å². The summed E-state index contributed by atoms with van der Waals surface area (Å²) in [4.78, 5) is 17.5. The first-order valence-corrected chi connectivity index (χ1v) is 11.6. The molecule has 5 fully saturated rings. The minimum absolute atomic E-state index is 0.0539. The van der Waals surface area contributed by atoms with E-state index >= 15 is 0 Å². The highest BCUT2D eigenvalue weighted by atomic mass is 19.4. The SMILES string of the molecule is CC(C(=O)NC12CC3CC(CC(C3)C1)C2)N1CCN(CCCOCC(F)(F)F)CC1. The molecule has 1 amide bonds. The molecule has 5 aliphatic rings. The van der Waals surface area contributed by atoms with E-state index in [9.17, 15) is 18.0 Å². The number of nitrogens with one attached hydrogen (secondary N) is 1. The largest absolute Gasteiger partial charge is 0.411 e. The summed E-state index contributed by atoms with van der Waals surface area (Å²) in [5.41, 5.74) is 0.0539. The third kappa shape index (κ3) is 5.49. The van der Waals surface area contributed by atoms with Crippen molar-refractivity contribution in [2.45, 2.75) is 69.6 Å². The summed E-state index contributed by atoms with van der Waals surface area (Å²) in [7, 11) is 0. The molecule has 0 aromatic rings. The van der Waals surface area contributed by atoms with Gasteiger partial charge in [-0.15, -0.1) is 0 Å². The number of nitrogens with zero attached hydrogens (tertiary/aromatic N) is 2. The van der Waals surface area contributed by atoms with Crippen molar-refractivity contribution in [1.29, 1.82) is 0 Å². The lowest BCUT2D eigenvalue weighted by Gasteiger charge is -2.57. The molecule has 0 aromatic heterocycles. The van der Waals surface area contributed by atoms with Crippen LogP contribution in [0.2, 0.25) is 0 Å². The van der Waals surface area contributed by atoms with Crippen LogP contribution in [-0.2, 0) is 9.53 Å². The molecule has 5 nitrogen and oxygen atoms in total. The maximum absolute atomic E-state index is 13.1. The summed E-state index contributed by atoms with van der Waals surface area (Å²) >= 11 is 0. The van der Waals surface area contributed by atoms with Crippen molar-refractivity contribution in [3.8, 4) is 0 Å². The molecule has 172 valence electrons. The Labute approximate surface area is 177 Å². The van der Waals surface area contributed by atoms with Crippen LogP contribution in [0.3, 0.4) is 0 Å². The smallest absolute Gasteiger partial charge is 0.372 e. The third-order valence-corrected chi connectivity index (χ3v) is 7.79. The second kappa shape index (κ2) is 8.94. The van der Waals surface area contributed by atoms with Gasteiger partial charge in [-0.1, -0.05) is 0 Å². The normalized spacial score (nSPS) is 35.5. The van der Waals surface area contributed by atoms with Gasteiger partial charge in [-0.25, -0.2) is 0 Å². The summed E-state index contributed by atoms with van der Waals surface area (Å²) in [6, 6.07) is -0.129. The number of ether oxygens (including phenoxy) is 1. The number of alkyl halides is 3. The van der Waals surface area contributed by atoms with Crippen LogP contribution in [0.4, 0.5) is 13.2 Å². The Morgan fingerprint density at radius 1 is 1.07 bits per heavy atom. The molecule has 1 N–H and O–H groups in total. The third-order valence-electron chi connectivity index (χ3n) is 7.79. The van der Waals surface area contributed by atoms with E-state index in [1.807, 2.05) is 6.92 Å². The van der Waals surface area contributed by atoms with Crippen LogP contribution < -0.4 is 5.32 Å². The van der Waals surface area contributed by atoms with Crippen LogP contribution in [0.5, 0.6) is 0 Å². The predicted octanol–water partition coefficient (Wildman–Crippen LogP) is 3.05. The standard InChI is InChI=1S/C22H36F3N3O2/c1-16(20(29)26-21-12-17-9-18(13-21)11-19(10-17)14-21)28-6-4-27(5-7-28)3-2-8-30-15-22(23,24)25/h16-19H,2-15H2,1H3,(H,26,29). The van der Waals surface area contributed by atoms with Crippen LogP contribution in [0.25, 0.3) is 0 Å². The van der Waals surface area contributed by atoms with Crippen molar-refractivity contribution in [1.82, 2.24) is 15.1 Å². The predicted molar refractivity (Wildman–Crippen MR) is 108 cm³/mol.